The highest BCUT2D eigenvalue weighted by atomic mass is 16.6. The third kappa shape index (κ3) is 4.68. The summed E-state index contributed by atoms with van der Waals surface area (Å²) in [4.78, 5) is 11.2. The Labute approximate surface area is 95.3 Å². The number of carbonyl (C=O) groups is 1. The van der Waals surface area contributed by atoms with Crippen molar-refractivity contribution in [1.82, 2.24) is 0 Å². The van der Waals surface area contributed by atoms with Crippen LogP contribution in [0, 0.1) is 5.92 Å². The number of ether oxygens (including phenoxy) is 2. The summed E-state index contributed by atoms with van der Waals surface area (Å²) in [6, 6.07) is 6.86. The Kier molecular flexibility index (Phi) is 4.64. The molecule has 88 valence electrons. The highest BCUT2D eigenvalue weighted by Crippen LogP contribution is 2.12. The summed E-state index contributed by atoms with van der Waals surface area (Å²) in [5, 5.41) is 0. The number of hydrogen-bond donors (Lipinski definition) is 1. The Morgan fingerprint density at radius 2 is 1.94 bits per heavy atom. The Hall–Kier alpha value is -1.71. The van der Waals surface area contributed by atoms with Crippen molar-refractivity contribution >= 4 is 11.7 Å². The molecule has 0 amide bonds. The predicted octanol–water partition coefficient (Wildman–Crippen LogP) is 1.85. The van der Waals surface area contributed by atoms with Crippen LogP contribution >= 0.6 is 0 Å². The van der Waals surface area contributed by atoms with Gasteiger partial charge in [0.05, 0.1) is 6.61 Å². The van der Waals surface area contributed by atoms with Crippen LogP contribution in [-0.4, -0.2) is 19.2 Å². The maximum Gasteiger partial charge on any atom is 0.344 e. The summed E-state index contributed by atoms with van der Waals surface area (Å²) in [7, 11) is 0. The van der Waals surface area contributed by atoms with Crippen molar-refractivity contribution in [2.24, 2.45) is 5.92 Å². The number of anilines is 1. The molecule has 0 unspecified atom stereocenters. The molecule has 0 aliphatic heterocycles. The molecule has 16 heavy (non-hydrogen) atoms. The lowest BCUT2D eigenvalue weighted by atomic mass is 10.2. The van der Waals surface area contributed by atoms with Crippen molar-refractivity contribution in [1.29, 1.82) is 0 Å². The van der Waals surface area contributed by atoms with E-state index in [2.05, 4.69) is 0 Å². The van der Waals surface area contributed by atoms with Crippen molar-refractivity contribution in [3.05, 3.63) is 24.3 Å². The first-order valence-corrected chi connectivity index (χ1v) is 5.22. The number of nitrogen functional groups attached to an aromatic ring is 1. The van der Waals surface area contributed by atoms with E-state index in [1.165, 1.54) is 0 Å². The van der Waals surface area contributed by atoms with Crippen LogP contribution in [0.1, 0.15) is 13.8 Å². The van der Waals surface area contributed by atoms with E-state index >= 15 is 0 Å². The van der Waals surface area contributed by atoms with Crippen LogP contribution in [0.3, 0.4) is 0 Å². The van der Waals surface area contributed by atoms with Gasteiger partial charge in [-0.3, -0.25) is 0 Å². The lowest BCUT2D eigenvalue weighted by molar-refractivity contribution is -0.147. The van der Waals surface area contributed by atoms with Crippen molar-refractivity contribution in [2.45, 2.75) is 13.8 Å². The van der Waals surface area contributed by atoms with Gasteiger partial charge in [-0.05, 0) is 30.2 Å². The minimum absolute atomic E-state index is 0.0728. The lowest BCUT2D eigenvalue weighted by Crippen LogP contribution is -2.17. The van der Waals surface area contributed by atoms with Gasteiger partial charge >= 0.3 is 5.97 Å². The zero-order valence-electron chi connectivity index (χ0n) is 9.60. The fraction of sp³-hybridized carbons (Fsp3) is 0.417. The SMILES string of the molecule is CC(C)COC(=O)COc1ccc(N)cc1. The average Bonchev–Trinajstić information content (AvgIpc) is 2.25. The quantitative estimate of drug-likeness (QED) is 0.611. The number of carbonyl (C=O) groups excluding carboxylic acids is 1. The molecule has 0 atom stereocenters. The second-order valence-electron chi connectivity index (χ2n) is 3.93. The fourth-order valence-corrected chi connectivity index (χ4v) is 1.01. The molecule has 1 aromatic rings. The molecule has 0 saturated heterocycles. The maximum atomic E-state index is 11.2. The maximum absolute atomic E-state index is 11.2. The summed E-state index contributed by atoms with van der Waals surface area (Å²) >= 11 is 0. The normalized spacial score (nSPS) is 10.2. The minimum atomic E-state index is -0.356. The monoisotopic (exact) mass is 223 g/mol. The number of hydrogen-bond acceptors (Lipinski definition) is 4. The van der Waals surface area contributed by atoms with Gasteiger partial charge in [0.15, 0.2) is 6.61 Å². The zero-order valence-corrected chi connectivity index (χ0v) is 9.60. The molecule has 0 bridgehead atoms. The van der Waals surface area contributed by atoms with Crippen LogP contribution in [0.25, 0.3) is 0 Å². The third-order valence-electron chi connectivity index (χ3n) is 1.81. The Balaban J connectivity index is 2.29. The van der Waals surface area contributed by atoms with Gasteiger partial charge in [-0.1, -0.05) is 13.8 Å². The van der Waals surface area contributed by atoms with Gasteiger partial charge in [0.1, 0.15) is 5.75 Å². The first-order valence-electron chi connectivity index (χ1n) is 5.22. The smallest absolute Gasteiger partial charge is 0.344 e. The van der Waals surface area contributed by atoms with Gasteiger partial charge in [0.25, 0.3) is 0 Å². The molecular weight excluding hydrogens is 206 g/mol. The first kappa shape index (κ1) is 12.4. The van der Waals surface area contributed by atoms with E-state index in [-0.39, 0.29) is 12.6 Å². The van der Waals surface area contributed by atoms with Gasteiger partial charge in [-0.15, -0.1) is 0 Å². The van der Waals surface area contributed by atoms with Crippen molar-refractivity contribution in [2.75, 3.05) is 18.9 Å². The minimum Gasteiger partial charge on any atom is -0.482 e. The molecule has 0 heterocycles. The van der Waals surface area contributed by atoms with Crippen molar-refractivity contribution in [3.8, 4) is 5.75 Å². The molecule has 0 radical (unpaired) electrons. The van der Waals surface area contributed by atoms with E-state index in [0.717, 1.165) is 0 Å². The number of rotatable bonds is 5. The second kappa shape index (κ2) is 6.00. The average molecular weight is 223 g/mol. The molecule has 0 fully saturated rings. The van der Waals surface area contributed by atoms with Crippen LogP contribution in [0.15, 0.2) is 24.3 Å². The van der Waals surface area contributed by atoms with E-state index in [1.54, 1.807) is 24.3 Å². The standard InChI is InChI=1S/C12H17NO3/c1-9(2)7-16-12(14)8-15-11-5-3-10(13)4-6-11/h3-6,9H,7-8,13H2,1-2H3. The van der Waals surface area contributed by atoms with Crippen molar-refractivity contribution in [3.63, 3.8) is 0 Å². The largest absolute Gasteiger partial charge is 0.482 e. The molecule has 4 nitrogen and oxygen atoms in total. The van der Waals surface area contributed by atoms with Crippen LogP contribution < -0.4 is 10.5 Å². The van der Waals surface area contributed by atoms with Gasteiger partial charge in [0.2, 0.25) is 0 Å². The molecule has 4 heteroatoms. The van der Waals surface area contributed by atoms with Crippen LogP contribution in [0.5, 0.6) is 5.75 Å². The molecule has 0 aromatic heterocycles. The summed E-state index contributed by atoms with van der Waals surface area (Å²) < 4.78 is 10.2. The summed E-state index contributed by atoms with van der Waals surface area (Å²) in [5.74, 6) is 0.585. The zero-order chi connectivity index (χ0) is 12.0. The number of nitrogens with two attached hydrogens (primary N) is 1. The van der Waals surface area contributed by atoms with Gasteiger partial charge in [-0.2, -0.15) is 0 Å². The van der Waals surface area contributed by atoms with Gasteiger partial charge in [0, 0.05) is 5.69 Å². The lowest BCUT2D eigenvalue weighted by Gasteiger charge is -2.08. The van der Waals surface area contributed by atoms with E-state index in [0.29, 0.717) is 24.0 Å². The van der Waals surface area contributed by atoms with Gasteiger partial charge in [-0.25, -0.2) is 4.79 Å². The first-order chi connectivity index (χ1) is 7.58. The van der Waals surface area contributed by atoms with E-state index < -0.39 is 0 Å². The summed E-state index contributed by atoms with van der Waals surface area (Å²) in [6.07, 6.45) is 0. The molecule has 1 rings (SSSR count). The van der Waals surface area contributed by atoms with E-state index in [4.69, 9.17) is 15.2 Å². The van der Waals surface area contributed by atoms with Crippen LogP contribution in [0.4, 0.5) is 5.69 Å². The topological polar surface area (TPSA) is 61.5 Å². The second-order valence-corrected chi connectivity index (χ2v) is 3.93. The van der Waals surface area contributed by atoms with Crippen LogP contribution in [-0.2, 0) is 9.53 Å². The fourth-order valence-electron chi connectivity index (χ4n) is 1.01. The number of esters is 1. The summed E-state index contributed by atoms with van der Waals surface area (Å²) in [6.45, 7) is 4.31. The molecule has 1 aromatic carbocycles. The molecule has 0 saturated carbocycles. The summed E-state index contributed by atoms with van der Waals surface area (Å²) in [5.41, 5.74) is 6.18. The van der Waals surface area contributed by atoms with Crippen LogP contribution in [0.2, 0.25) is 0 Å². The highest BCUT2D eigenvalue weighted by Gasteiger charge is 2.05. The highest BCUT2D eigenvalue weighted by molar-refractivity contribution is 5.71. The molecule has 0 aliphatic carbocycles. The Morgan fingerprint density at radius 3 is 2.50 bits per heavy atom. The molecule has 0 aliphatic rings. The molecular formula is C12H17NO3. The van der Waals surface area contributed by atoms with Gasteiger partial charge < -0.3 is 15.2 Å². The third-order valence-corrected chi connectivity index (χ3v) is 1.81. The van der Waals surface area contributed by atoms with Crippen molar-refractivity contribution < 1.29 is 14.3 Å². The Morgan fingerprint density at radius 1 is 1.31 bits per heavy atom. The Bertz CT molecular complexity index is 333. The number of benzene rings is 1. The van der Waals surface area contributed by atoms with E-state index in [1.807, 2.05) is 13.8 Å². The molecule has 2 N–H and O–H groups in total. The molecule has 0 spiro atoms. The van der Waals surface area contributed by atoms with E-state index in [9.17, 15) is 4.79 Å². The predicted molar refractivity (Wildman–Crippen MR) is 62.1 cm³/mol.